The van der Waals surface area contributed by atoms with Gasteiger partial charge in [-0.25, -0.2) is 4.39 Å². The molecule has 0 unspecified atom stereocenters. The number of piperazine rings is 1. The number of carbonyl (C=O) groups is 3. The summed E-state index contributed by atoms with van der Waals surface area (Å²) in [5, 5.41) is 5.54. The highest BCUT2D eigenvalue weighted by Gasteiger charge is 2.22. The minimum atomic E-state index is -0.615. The first kappa shape index (κ1) is 25.7. The van der Waals surface area contributed by atoms with Gasteiger partial charge in [0.2, 0.25) is 5.91 Å². The molecule has 1 aliphatic rings. The second-order valence-corrected chi connectivity index (χ2v) is 8.48. The lowest BCUT2D eigenvalue weighted by molar-refractivity contribution is -0.130. The molecule has 1 fully saturated rings. The quantitative estimate of drug-likeness (QED) is 0.466. The molecular weight excluding hydrogens is 475 g/mol. The lowest BCUT2D eigenvalue weighted by Gasteiger charge is -2.36. The van der Waals surface area contributed by atoms with Crippen molar-refractivity contribution in [3.8, 4) is 5.75 Å². The van der Waals surface area contributed by atoms with Crippen molar-refractivity contribution in [3.05, 3.63) is 90.0 Å². The zero-order chi connectivity index (χ0) is 26.0. The number of hydrogen-bond donors (Lipinski definition) is 2. The molecule has 1 saturated heterocycles. The van der Waals surface area contributed by atoms with Crippen LogP contribution in [0.2, 0.25) is 0 Å². The van der Waals surface area contributed by atoms with Gasteiger partial charge in [0.05, 0.1) is 6.54 Å². The highest BCUT2D eigenvalue weighted by atomic mass is 19.1. The van der Waals surface area contributed by atoms with E-state index in [0.717, 1.165) is 5.69 Å². The summed E-state index contributed by atoms with van der Waals surface area (Å²) >= 11 is 0. The SMILES string of the molecule is O=C(NCC(=O)N1CCN(c2ccc(NC(=O)c3ccccc3)cc2)CC1)c1cccc(OCCF)c1. The predicted molar refractivity (Wildman–Crippen MR) is 140 cm³/mol. The lowest BCUT2D eigenvalue weighted by atomic mass is 10.2. The molecule has 9 heteroatoms. The van der Waals surface area contributed by atoms with E-state index >= 15 is 0 Å². The highest BCUT2D eigenvalue weighted by molar-refractivity contribution is 6.04. The Bertz CT molecular complexity index is 1210. The fourth-order valence-corrected chi connectivity index (χ4v) is 4.02. The minimum absolute atomic E-state index is 0.0789. The van der Waals surface area contributed by atoms with Gasteiger partial charge in [0.25, 0.3) is 11.8 Å². The van der Waals surface area contributed by atoms with Crippen LogP contribution in [0.25, 0.3) is 0 Å². The van der Waals surface area contributed by atoms with Crippen molar-refractivity contribution in [2.75, 3.05) is 56.2 Å². The van der Waals surface area contributed by atoms with Crippen molar-refractivity contribution in [2.24, 2.45) is 0 Å². The van der Waals surface area contributed by atoms with Gasteiger partial charge in [0, 0.05) is 48.7 Å². The summed E-state index contributed by atoms with van der Waals surface area (Å²) in [7, 11) is 0. The second-order valence-electron chi connectivity index (χ2n) is 8.48. The molecule has 3 amide bonds. The molecule has 0 bridgehead atoms. The fourth-order valence-electron chi connectivity index (χ4n) is 4.02. The van der Waals surface area contributed by atoms with Gasteiger partial charge in [-0.15, -0.1) is 0 Å². The summed E-state index contributed by atoms with van der Waals surface area (Å²) in [4.78, 5) is 41.3. The molecule has 1 heterocycles. The normalized spacial score (nSPS) is 13.1. The van der Waals surface area contributed by atoms with Gasteiger partial charge >= 0.3 is 0 Å². The maximum Gasteiger partial charge on any atom is 0.255 e. The van der Waals surface area contributed by atoms with Crippen LogP contribution in [0.3, 0.4) is 0 Å². The van der Waals surface area contributed by atoms with Crippen LogP contribution in [0, 0.1) is 0 Å². The number of benzene rings is 3. The molecular formula is C28H29FN4O4. The van der Waals surface area contributed by atoms with Crippen LogP contribution in [0.1, 0.15) is 20.7 Å². The van der Waals surface area contributed by atoms with E-state index in [-0.39, 0.29) is 25.0 Å². The van der Waals surface area contributed by atoms with Crippen LogP contribution in [0.15, 0.2) is 78.9 Å². The Labute approximate surface area is 215 Å². The number of nitrogens with zero attached hydrogens (tertiary/aromatic N) is 2. The maximum atomic E-state index is 12.6. The number of ether oxygens (including phenoxy) is 1. The van der Waals surface area contributed by atoms with E-state index in [2.05, 4.69) is 15.5 Å². The molecule has 0 radical (unpaired) electrons. The molecule has 3 aromatic carbocycles. The summed E-state index contributed by atoms with van der Waals surface area (Å²) < 4.78 is 17.5. The van der Waals surface area contributed by atoms with E-state index in [0.29, 0.717) is 48.7 Å². The third kappa shape index (κ3) is 7.07. The number of hydrogen-bond acceptors (Lipinski definition) is 5. The molecule has 1 aliphatic heterocycles. The Morgan fingerprint density at radius 1 is 0.811 bits per heavy atom. The number of nitrogens with one attached hydrogen (secondary N) is 2. The summed E-state index contributed by atoms with van der Waals surface area (Å²) in [6, 6.07) is 23.1. The molecule has 0 saturated carbocycles. The zero-order valence-corrected chi connectivity index (χ0v) is 20.4. The summed E-state index contributed by atoms with van der Waals surface area (Å²) in [6.45, 7) is 1.58. The van der Waals surface area contributed by atoms with E-state index in [1.807, 2.05) is 42.5 Å². The molecule has 0 spiro atoms. The van der Waals surface area contributed by atoms with E-state index < -0.39 is 12.6 Å². The number of halogens is 1. The van der Waals surface area contributed by atoms with Crippen LogP contribution < -0.4 is 20.3 Å². The van der Waals surface area contributed by atoms with Gasteiger partial charge in [-0.05, 0) is 54.6 Å². The number of rotatable bonds is 9. The standard InChI is InChI=1S/C28H29FN4O4/c29-13-18-37-25-8-4-7-22(19-25)27(35)30-20-26(34)33-16-14-32(15-17-33)24-11-9-23(10-12-24)31-28(36)21-5-2-1-3-6-21/h1-12,19H,13-18,20H2,(H,30,35)(H,31,36). The lowest BCUT2D eigenvalue weighted by Crippen LogP contribution is -2.51. The average molecular weight is 505 g/mol. The molecule has 192 valence electrons. The van der Waals surface area contributed by atoms with Gasteiger partial charge in [0.15, 0.2) is 0 Å². The first-order valence-corrected chi connectivity index (χ1v) is 12.1. The second kappa shape index (κ2) is 12.5. The summed E-state index contributed by atoms with van der Waals surface area (Å²) in [5.74, 6) is -0.307. The molecule has 2 N–H and O–H groups in total. The molecule has 4 rings (SSSR count). The first-order valence-electron chi connectivity index (χ1n) is 12.1. The van der Waals surface area contributed by atoms with E-state index in [9.17, 15) is 18.8 Å². The van der Waals surface area contributed by atoms with Crippen LogP contribution in [0.5, 0.6) is 5.75 Å². The van der Waals surface area contributed by atoms with Crippen molar-refractivity contribution in [1.29, 1.82) is 0 Å². The van der Waals surface area contributed by atoms with Gasteiger partial charge < -0.3 is 25.2 Å². The number of amides is 3. The topological polar surface area (TPSA) is 91.0 Å². The zero-order valence-electron chi connectivity index (χ0n) is 20.4. The fraction of sp³-hybridized carbons (Fsp3) is 0.250. The first-order chi connectivity index (χ1) is 18.0. The van der Waals surface area contributed by atoms with Gasteiger partial charge in [-0.3, -0.25) is 14.4 Å². The van der Waals surface area contributed by atoms with Crippen molar-refractivity contribution in [2.45, 2.75) is 0 Å². The molecule has 0 aliphatic carbocycles. The largest absolute Gasteiger partial charge is 0.491 e. The Hall–Kier alpha value is -4.40. The predicted octanol–water partition coefficient (Wildman–Crippen LogP) is 3.37. The van der Waals surface area contributed by atoms with E-state index in [1.165, 1.54) is 6.07 Å². The van der Waals surface area contributed by atoms with Crippen LogP contribution in [-0.2, 0) is 4.79 Å². The summed E-state index contributed by atoms with van der Waals surface area (Å²) in [5.41, 5.74) is 2.66. The van der Waals surface area contributed by atoms with E-state index in [1.54, 1.807) is 35.2 Å². The summed E-state index contributed by atoms with van der Waals surface area (Å²) in [6.07, 6.45) is 0. The van der Waals surface area contributed by atoms with Crippen molar-refractivity contribution >= 4 is 29.1 Å². The molecule has 3 aromatic rings. The van der Waals surface area contributed by atoms with Crippen LogP contribution >= 0.6 is 0 Å². The maximum absolute atomic E-state index is 12.6. The monoisotopic (exact) mass is 504 g/mol. The molecule has 37 heavy (non-hydrogen) atoms. The van der Waals surface area contributed by atoms with Gasteiger partial charge in [0.1, 0.15) is 19.0 Å². The average Bonchev–Trinajstić information content (AvgIpc) is 2.95. The number of anilines is 2. The van der Waals surface area contributed by atoms with Crippen molar-refractivity contribution in [1.82, 2.24) is 10.2 Å². The van der Waals surface area contributed by atoms with E-state index in [4.69, 9.17) is 4.74 Å². The smallest absolute Gasteiger partial charge is 0.255 e. The highest BCUT2D eigenvalue weighted by Crippen LogP contribution is 2.20. The Morgan fingerprint density at radius 2 is 1.51 bits per heavy atom. The Balaban J connectivity index is 1.22. The Morgan fingerprint density at radius 3 is 2.22 bits per heavy atom. The molecule has 0 atom stereocenters. The third-order valence-electron chi connectivity index (χ3n) is 6.00. The molecule has 8 nitrogen and oxygen atoms in total. The van der Waals surface area contributed by atoms with Crippen LogP contribution in [0.4, 0.5) is 15.8 Å². The number of alkyl halides is 1. The van der Waals surface area contributed by atoms with Crippen molar-refractivity contribution < 1.29 is 23.5 Å². The minimum Gasteiger partial charge on any atom is -0.491 e. The molecule has 0 aromatic heterocycles. The van der Waals surface area contributed by atoms with Crippen LogP contribution in [-0.4, -0.2) is 68.6 Å². The van der Waals surface area contributed by atoms with Gasteiger partial charge in [-0.2, -0.15) is 0 Å². The Kier molecular flexibility index (Phi) is 8.70. The van der Waals surface area contributed by atoms with Gasteiger partial charge in [-0.1, -0.05) is 24.3 Å². The number of carbonyl (C=O) groups excluding carboxylic acids is 3. The van der Waals surface area contributed by atoms with Crippen molar-refractivity contribution in [3.63, 3.8) is 0 Å². The third-order valence-corrected chi connectivity index (χ3v) is 6.00.